The van der Waals surface area contributed by atoms with Crippen LogP contribution >= 0.6 is 11.6 Å². The fraction of sp³-hybridized carbons (Fsp3) is 0.0323. The molecule has 3 heteroatoms. The molecule has 0 atom stereocenters. The normalized spacial score (nSPS) is 13.4. The Bertz CT molecular complexity index is 1490. The molecule has 0 amide bonds. The van der Waals surface area contributed by atoms with Gasteiger partial charge in [0, 0.05) is 16.1 Å². The van der Waals surface area contributed by atoms with E-state index in [1.165, 1.54) is 6.07 Å². The topological polar surface area (TPSA) is 20.2 Å². The molecule has 0 saturated carbocycles. The maximum Gasteiger partial charge on any atom is 0.132 e. The van der Waals surface area contributed by atoms with Gasteiger partial charge in [-0.3, -0.25) is 0 Å². The molecule has 0 aromatic heterocycles. The molecule has 34 heavy (non-hydrogen) atoms. The summed E-state index contributed by atoms with van der Waals surface area (Å²) in [5, 5.41) is 11.5. The van der Waals surface area contributed by atoms with Gasteiger partial charge in [-0.1, -0.05) is 96.5 Å². The standard InChI is InChI=1S/C31H20ClFO/c32-22-15-16-24(29(33)17-22)26-18-25-23-13-7-8-14-27(23)31(28(25)19-30(26)34,20-9-3-1-4-10-20)21-11-5-2-6-12-21/h1-19,34H. The fourth-order valence-corrected chi connectivity index (χ4v) is 5.56. The van der Waals surface area contributed by atoms with E-state index in [1.807, 2.05) is 54.6 Å². The lowest BCUT2D eigenvalue weighted by atomic mass is 9.67. The first-order chi connectivity index (χ1) is 16.6. The molecule has 5 aromatic rings. The molecule has 1 aliphatic carbocycles. The Morgan fingerprint density at radius 1 is 0.559 bits per heavy atom. The smallest absolute Gasteiger partial charge is 0.132 e. The number of rotatable bonds is 3. The van der Waals surface area contributed by atoms with Crippen LogP contribution in [0.5, 0.6) is 5.75 Å². The summed E-state index contributed by atoms with van der Waals surface area (Å²) >= 11 is 5.98. The average Bonchev–Trinajstić information content (AvgIpc) is 3.15. The Kier molecular flexibility index (Phi) is 4.79. The van der Waals surface area contributed by atoms with Crippen LogP contribution in [0.3, 0.4) is 0 Å². The quantitative estimate of drug-likeness (QED) is 0.281. The molecule has 0 unspecified atom stereocenters. The van der Waals surface area contributed by atoms with Crippen LogP contribution < -0.4 is 0 Å². The van der Waals surface area contributed by atoms with Crippen LogP contribution in [0.2, 0.25) is 5.02 Å². The minimum absolute atomic E-state index is 0.0315. The van der Waals surface area contributed by atoms with Gasteiger partial charge in [-0.25, -0.2) is 4.39 Å². The Balaban J connectivity index is 1.73. The second kappa shape index (κ2) is 7.86. The van der Waals surface area contributed by atoms with Crippen molar-refractivity contribution in [1.29, 1.82) is 0 Å². The summed E-state index contributed by atoms with van der Waals surface area (Å²) in [5.74, 6) is -0.435. The summed E-state index contributed by atoms with van der Waals surface area (Å²) in [4.78, 5) is 0. The van der Waals surface area contributed by atoms with Gasteiger partial charge in [0.1, 0.15) is 11.6 Å². The van der Waals surface area contributed by atoms with Crippen LogP contribution in [0.4, 0.5) is 4.39 Å². The second-order valence-electron chi connectivity index (χ2n) is 8.57. The van der Waals surface area contributed by atoms with E-state index >= 15 is 0 Å². The Morgan fingerprint density at radius 2 is 1.18 bits per heavy atom. The van der Waals surface area contributed by atoms with Crippen LogP contribution in [0.15, 0.2) is 115 Å². The SMILES string of the molecule is Oc1cc2c(cc1-c1ccc(Cl)cc1F)-c1ccccc1C2(c1ccccc1)c1ccccc1. The third kappa shape index (κ3) is 2.92. The van der Waals surface area contributed by atoms with Crippen LogP contribution in [0.25, 0.3) is 22.3 Å². The first-order valence-electron chi connectivity index (χ1n) is 11.1. The van der Waals surface area contributed by atoms with Gasteiger partial charge in [-0.05, 0) is 63.7 Å². The first kappa shape index (κ1) is 20.7. The van der Waals surface area contributed by atoms with Gasteiger partial charge in [0.05, 0.1) is 5.41 Å². The maximum absolute atomic E-state index is 14.9. The van der Waals surface area contributed by atoms with Crippen molar-refractivity contribution < 1.29 is 9.50 Å². The Hall–Kier alpha value is -3.88. The van der Waals surface area contributed by atoms with E-state index in [4.69, 9.17) is 11.6 Å². The van der Waals surface area contributed by atoms with E-state index in [0.717, 1.165) is 33.4 Å². The number of hydrogen-bond acceptors (Lipinski definition) is 1. The highest BCUT2D eigenvalue weighted by Crippen LogP contribution is 2.57. The zero-order chi connectivity index (χ0) is 23.3. The molecule has 0 bridgehead atoms. The highest BCUT2D eigenvalue weighted by atomic mass is 35.5. The van der Waals surface area contributed by atoms with E-state index in [-0.39, 0.29) is 5.75 Å². The Morgan fingerprint density at radius 3 is 1.82 bits per heavy atom. The summed E-state index contributed by atoms with van der Waals surface area (Å²) in [5.41, 5.74) is 6.53. The van der Waals surface area contributed by atoms with Crippen LogP contribution in [0, 0.1) is 5.82 Å². The molecule has 0 saturated heterocycles. The fourth-order valence-electron chi connectivity index (χ4n) is 5.40. The number of hydrogen-bond donors (Lipinski definition) is 1. The molecule has 6 rings (SSSR count). The van der Waals surface area contributed by atoms with Crippen LogP contribution in [-0.4, -0.2) is 5.11 Å². The van der Waals surface area contributed by atoms with Gasteiger partial charge in [-0.2, -0.15) is 0 Å². The van der Waals surface area contributed by atoms with Crippen molar-refractivity contribution in [2.75, 3.05) is 0 Å². The van der Waals surface area contributed by atoms with E-state index < -0.39 is 11.2 Å². The average molecular weight is 463 g/mol. The van der Waals surface area contributed by atoms with Crippen molar-refractivity contribution >= 4 is 11.6 Å². The third-order valence-corrected chi connectivity index (χ3v) is 7.03. The maximum atomic E-state index is 14.9. The van der Waals surface area contributed by atoms with Gasteiger partial charge < -0.3 is 5.11 Å². The highest BCUT2D eigenvalue weighted by molar-refractivity contribution is 6.30. The van der Waals surface area contributed by atoms with Gasteiger partial charge in [0.15, 0.2) is 0 Å². The van der Waals surface area contributed by atoms with Crippen molar-refractivity contribution in [3.63, 3.8) is 0 Å². The van der Waals surface area contributed by atoms with Crippen molar-refractivity contribution in [3.05, 3.63) is 148 Å². The zero-order valence-corrected chi connectivity index (χ0v) is 18.9. The molecule has 1 aliphatic rings. The minimum Gasteiger partial charge on any atom is -0.507 e. The van der Waals surface area contributed by atoms with Crippen LogP contribution in [0.1, 0.15) is 22.3 Å². The van der Waals surface area contributed by atoms with E-state index in [0.29, 0.717) is 16.1 Å². The van der Waals surface area contributed by atoms with Crippen molar-refractivity contribution in [2.45, 2.75) is 5.41 Å². The zero-order valence-electron chi connectivity index (χ0n) is 18.2. The van der Waals surface area contributed by atoms with Gasteiger partial charge in [0.25, 0.3) is 0 Å². The predicted molar refractivity (Wildman–Crippen MR) is 136 cm³/mol. The summed E-state index contributed by atoms with van der Waals surface area (Å²) in [6.07, 6.45) is 0. The summed E-state index contributed by atoms with van der Waals surface area (Å²) in [7, 11) is 0. The van der Waals surface area contributed by atoms with E-state index in [9.17, 15) is 9.50 Å². The molecule has 0 heterocycles. The second-order valence-corrected chi connectivity index (χ2v) is 9.00. The minimum atomic E-state index is -0.608. The summed E-state index contributed by atoms with van der Waals surface area (Å²) in [6, 6.07) is 37.2. The van der Waals surface area contributed by atoms with Gasteiger partial charge in [-0.15, -0.1) is 0 Å². The molecule has 164 valence electrons. The molecule has 1 nitrogen and oxygen atoms in total. The lowest BCUT2D eigenvalue weighted by molar-refractivity contribution is 0.475. The number of phenolic OH excluding ortho intramolecular Hbond substituents is 1. The number of aromatic hydroxyl groups is 1. The molecular weight excluding hydrogens is 443 g/mol. The largest absolute Gasteiger partial charge is 0.507 e. The molecule has 0 radical (unpaired) electrons. The van der Waals surface area contributed by atoms with Crippen molar-refractivity contribution in [2.24, 2.45) is 0 Å². The number of phenols is 1. The first-order valence-corrected chi connectivity index (χ1v) is 11.5. The van der Waals surface area contributed by atoms with Gasteiger partial charge in [0.2, 0.25) is 0 Å². The van der Waals surface area contributed by atoms with E-state index in [2.05, 4.69) is 36.4 Å². The number of benzene rings is 5. The third-order valence-electron chi connectivity index (χ3n) is 6.80. The Labute approximate surface area is 202 Å². The van der Waals surface area contributed by atoms with Crippen molar-refractivity contribution in [1.82, 2.24) is 0 Å². The molecule has 1 N–H and O–H groups in total. The lowest BCUT2D eigenvalue weighted by Gasteiger charge is -2.34. The number of halogens is 2. The molecule has 0 spiro atoms. The highest BCUT2D eigenvalue weighted by Gasteiger charge is 2.46. The van der Waals surface area contributed by atoms with Gasteiger partial charge >= 0.3 is 0 Å². The summed E-state index contributed by atoms with van der Waals surface area (Å²) in [6.45, 7) is 0. The van der Waals surface area contributed by atoms with E-state index in [1.54, 1.807) is 18.2 Å². The predicted octanol–water partition coefficient (Wildman–Crippen LogP) is 8.21. The molecule has 0 aliphatic heterocycles. The monoisotopic (exact) mass is 462 g/mol. The van der Waals surface area contributed by atoms with Crippen LogP contribution in [-0.2, 0) is 5.41 Å². The number of fused-ring (bicyclic) bond motifs is 3. The molecule has 5 aromatic carbocycles. The van der Waals surface area contributed by atoms with Crippen molar-refractivity contribution in [3.8, 4) is 28.0 Å². The molecular formula is C31H20ClFO. The molecule has 0 fully saturated rings. The summed E-state index contributed by atoms with van der Waals surface area (Å²) < 4.78 is 14.9. The lowest BCUT2D eigenvalue weighted by Crippen LogP contribution is -2.28.